The largest absolute Gasteiger partial charge is 0.382 e. The average molecular weight is 294 g/mol. The zero-order chi connectivity index (χ0) is 14.5. The molecular formula is C14H30O4S. The van der Waals surface area contributed by atoms with Crippen molar-refractivity contribution in [2.45, 2.75) is 39.4 Å². The third-order valence-electron chi connectivity index (χ3n) is 3.17. The second kappa shape index (κ2) is 13.2. The summed E-state index contributed by atoms with van der Waals surface area (Å²) >= 11 is 4.30. The highest BCUT2D eigenvalue weighted by atomic mass is 32.1. The van der Waals surface area contributed by atoms with E-state index >= 15 is 0 Å². The lowest BCUT2D eigenvalue weighted by Gasteiger charge is -2.29. The van der Waals surface area contributed by atoms with Crippen LogP contribution >= 0.6 is 12.6 Å². The summed E-state index contributed by atoms with van der Waals surface area (Å²) in [7, 11) is 1.68. The van der Waals surface area contributed by atoms with Crippen molar-refractivity contribution in [3.63, 3.8) is 0 Å². The van der Waals surface area contributed by atoms with Gasteiger partial charge in [0.25, 0.3) is 0 Å². The van der Waals surface area contributed by atoms with Crippen LogP contribution in [0.2, 0.25) is 0 Å². The van der Waals surface area contributed by atoms with Crippen LogP contribution in [0.3, 0.4) is 0 Å². The van der Waals surface area contributed by atoms with Crippen molar-refractivity contribution in [3.8, 4) is 0 Å². The van der Waals surface area contributed by atoms with Crippen LogP contribution in [0.1, 0.15) is 27.2 Å². The molecular weight excluding hydrogens is 264 g/mol. The molecule has 0 spiro atoms. The molecule has 0 saturated carbocycles. The Morgan fingerprint density at radius 3 is 2.26 bits per heavy atom. The van der Waals surface area contributed by atoms with Gasteiger partial charge < -0.3 is 18.9 Å². The van der Waals surface area contributed by atoms with Crippen molar-refractivity contribution in [2.75, 3.05) is 45.9 Å². The summed E-state index contributed by atoms with van der Waals surface area (Å²) in [5.41, 5.74) is 0. The number of hydrogen-bond donors (Lipinski definition) is 1. The van der Waals surface area contributed by atoms with E-state index in [1.54, 1.807) is 7.11 Å². The minimum Gasteiger partial charge on any atom is -0.382 e. The minimum absolute atomic E-state index is 0.145. The number of rotatable bonds is 13. The minimum atomic E-state index is 0.145. The summed E-state index contributed by atoms with van der Waals surface area (Å²) in [5, 5.41) is 0. The summed E-state index contributed by atoms with van der Waals surface area (Å²) in [5.74, 6) is 1.14. The molecule has 0 N–H and O–H groups in total. The summed E-state index contributed by atoms with van der Waals surface area (Å²) in [6.45, 7) is 9.47. The first-order chi connectivity index (χ1) is 9.17. The average Bonchev–Trinajstić information content (AvgIpc) is 2.41. The highest BCUT2D eigenvalue weighted by Crippen LogP contribution is 2.18. The van der Waals surface area contributed by atoms with Gasteiger partial charge in [-0.25, -0.2) is 0 Å². The Kier molecular flexibility index (Phi) is 13.3. The summed E-state index contributed by atoms with van der Waals surface area (Å²) < 4.78 is 21.9. The van der Waals surface area contributed by atoms with Crippen LogP contribution in [-0.2, 0) is 18.9 Å². The van der Waals surface area contributed by atoms with Gasteiger partial charge in [-0.2, -0.15) is 12.6 Å². The molecule has 0 rings (SSSR count). The van der Waals surface area contributed by atoms with E-state index in [0.717, 1.165) is 18.8 Å². The van der Waals surface area contributed by atoms with Crippen molar-refractivity contribution < 1.29 is 18.9 Å². The maximum Gasteiger partial charge on any atom is 0.0704 e. The maximum atomic E-state index is 5.89. The predicted molar refractivity (Wildman–Crippen MR) is 81.2 cm³/mol. The molecule has 0 aliphatic rings. The third kappa shape index (κ3) is 9.68. The molecule has 4 nitrogen and oxygen atoms in total. The Labute approximate surface area is 123 Å². The van der Waals surface area contributed by atoms with E-state index in [2.05, 4.69) is 26.5 Å². The van der Waals surface area contributed by atoms with E-state index in [9.17, 15) is 0 Å². The maximum absolute atomic E-state index is 5.89. The Bertz CT molecular complexity index is 192. The van der Waals surface area contributed by atoms with E-state index in [-0.39, 0.29) is 12.2 Å². The van der Waals surface area contributed by atoms with Crippen LogP contribution in [0, 0.1) is 5.92 Å². The standard InChI is InChI=1S/C14H30O4S/c1-5-16-8-10-18-14(6-11-19)12(2)13(3)17-9-7-15-4/h12-14,19H,5-11H2,1-4H3. The lowest BCUT2D eigenvalue weighted by Crippen LogP contribution is -2.33. The lowest BCUT2D eigenvalue weighted by molar-refractivity contribution is -0.0711. The molecule has 0 heterocycles. The molecule has 0 amide bonds. The van der Waals surface area contributed by atoms with Crippen molar-refractivity contribution in [2.24, 2.45) is 5.92 Å². The molecule has 0 aliphatic carbocycles. The second-order valence-corrected chi connectivity index (χ2v) is 4.99. The zero-order valence-corrected chi connectivity index (χ0v) is 13.7. The fourth-order valence-corrected chi connectivity index (χ4v) is 2.05. The van der Waals surface area contributed by atoms with Gasteiger partial charge in [-0.3, -0.25) is 0 Å². The molecule has 116 valence electrons. The Hall–Kier alpha value is 0.190. The number of hydrogen-bond acceptors (Lipinski definition) is 5. The molecule has 0 bridgehead atoms. The van der Waals surface area contributed by atoms with Crippen LogP contribution in [0.15, 0.2) is 0 Å². The Balaban J connectivity index is 4.03. The van der Waals surface area contributed by atoms with Crippen molar-refractivity contribution >= 4 is 12.6 Å². The molecule has 5 heteroatoms. The third-order valence-corrected chi connectivity index (χ3v) is 3.43. The van der Waals surface area contributed by atoms with E-state index in [1.807, 2.05) is 6.92 Å². The van der Waals surface area contributed by atoms with Crippen LogP contribution in [0.5, 0.6) is 0 Å². The SMILES string of the molecule is CCOCCOC(CCS)C(C)C(C)OCCOC. The molecule has 3 unspecified atom stereocenters. The normalized spacial score (nSPS) is 16.3. The number of methoxy groups -OCH3 is 1. The van der Waals surface area contributed by atoms with Gasteiger partial charge in [0.2, 0.25) is 0 Å². The van der Waals surface area contributed by atoms with Crippen molar-refractivity contribution in [1.82, 2.24) is 0 Å². The van der Waals surface area contributed by atoms with Crippen molar-refractivity contribution in [1.29, 1.82) is 0 Å². The second-order valence-electron chi connectivity index (χ2n) is 4.55. The van der Waals surface area contributed by atoms with Crippen LogP contribution in [0.4, 0.5) is 0 Å². The van der Waals surface area contributed by atoms with Gasteiger partial charge in [0.05, 0.1) is 38.6 Å². The van der Waals surface area contributed by atoms with E-state index in [0.29, 0.717) is 32.3 Å². The summed E-state index contributed by atoms with van der Waals surface area (Å²) in [4.78, 5) is 0. The Morgan fingerprint density at radius 2 is 1.68 bits per heavy atom. The van der Waals surface area contributed by atoms with Gasteiger partial charge in [0.15, 0.2) is 0 Å². The molecule has 0 saturated heterocycles. The topological polar surface area (TPSA) is 36.9 Å². The monoisotopic (exact) mass is 294 g/mol. The van der Waals surface area contributed by atoms with Crippen LogP contribution in [-0.4, -0.2) is 58.1 Å². The first-order valence-electron chi connectivity index (χ1n) is 7.08. The smallest absolute Gasteiger partial charge is 0.0704 e. The molecule has 0 aromatic heterocycles. The molecule has 0 fully saturated rings. The van der Waals surface area contributed by atoms with E-state index < -0.39 is 0 Å². The quantitative estimate of drug-likeness (QED) is 0.418. The van der Waals surface area contributed by atoms with Crippen LogP contribution < -0.4 is 0 Å². The van der Waals surface area contributed by atoms with E-state index in [4.69, 9.17) is 18.9 Å². The first kappa shape index (κ1) is 19.2. The summed E-state index contributed by atoms with van der Waals surface area (Å²) in [6.07, 6.45) is 1.23. The fourth-order valence-electron chi connectivity index (χ4n) is 1.80. The lowest BCUT2D eigenvalue weighted by atomic mass is 9.97. The zero-order valence-electron chi connectivity index (χ0n) is 12.8. The van der Waals surface area contributed by atoms with Gasteiger partial charge >= 0.3 is 0 Å². The van der Waals surface area contributed by atoms with Crippen LogP contribution in [0.25, 0.3) is 0 Å². The van der Waals surface area contributed by atoms with Gasteiger partial charge in [-0.15, -0.1) is 0 Å². The molecule has 0 radical (unpaired) electrons. The van der Waals surface area contributed by atoms with Gasteiger partial charge in [0.1, 0.15) is 0 Å². The first-order valence-corrected chi connectivity index (χ1v) is 7.71. The number of thiol groups is 1. The van der Waals surface area contributed by atoms with Crippen molar-refractivity contribution in [3.05, 3.63) is 0 Å². The predicted octanol–water partition coefficient (Wildman–Crippen LogP) is 2.42. The van der Waals surface area contributed by atoms with Gasteiger partial charge in [-0.1, -0.05) is 6.92 Å². The Morgan fingerprint density at radius 1 is 1.00 bits per heavy atom. The molecule has 0 aromatic rings. The van der Waals surface area contributed by atoms with Gasteiger partial charge in [0, 0.05) is 19.6 Å². The fraction of sp³-hybridized carbons (Fsp3) is 1.00. The van der Waals surface area contributed by atoms with Gasteiger partial charge in [-0.05, 0) is 26.0 Å². The molecule has 3 atom stereocenters. The molecule has 19 heavy (non-hydrogen) atoms. The molecule has 0 aromatic carbocycles. The van der Waals surface area contributed by atoms with E-state index in [1.165, 1.54) is 0 Å². The highest BCUT2D eigenvalue weighted by Gasteiger charge is 2.23. The highest BCUT2D eigenvalue weighted by molar-refractivity contribution is 7.80. The summed E-state index contributed by atoms with van der Waals surface area (Å²) in [6, 6.07) is 0. The molecule has 0 aliphatic heterocycles. The number of ether oxygens (including phenoxy) is 4.